The van der Waals surface area contributed by atoms with Crippen LogP contribution in [0.4, 0.5) is 10.1 Å². The molecule has 7 heteroatoms. The van der Waals surface area contributed by atoms with E-state index >= 15 is 0 Å². The van der Waals surface area contributed by atoms with Gasteiger partial charge in [-0.3, -0.25) is 4.79 Å². The van der Waals surface area contributed by atoms with Gasteiger partial charge in [0.15, 0.2) is 0 Å². The van der Waals surface area contributed by atoms with E-state index in [1.165, 1.54) is 28.7 Å². The summed E-state index contributed by atoms with van der Waals surface area (Å²) < 4.78 is 14.9. The monoisotopic (exact) mass is 325 g/mol. The molecule has 0 saturated carbocycles. The summed E-state index contributed by atoms with van der Waals surface area (Å²) in [5.41, 5.74) is 2.36. The van der Waals surface area contributed by atoms with E-state index in [0.717, 1.165) is 6.07 Å². The van der Waals surface area contributed by atoms with Gasteiger partial charge < -0.3 is 5.32 Å². The predicted octanol–water partition coefficient (Wildman–Crippen LogP) is 3.18. The van der Waals surface area contributed by atoms with Crippen LogP contribution in [0.15, 0.2) is 48.8 Å². The first kappa shape index (κ1) is 15.8. The van der Waals surface area contributed by atoms with E-state index in [4.69, 9.17) is 0 Å². The molecule has 1 amide bonds. The van der Waals surface area contributed by atoms with E-state index in [0.29, 0.717) is 17.3 Å². The molecule has 122 valence electrons. The van der Waals surface area contributed by atoms with Crippen LogP contribution in [-0.2, 0) is 0 Å². The van der Waals surface area contributed by atoms with Crippen molar-refractivity contribution in [3.63, 3.8) is 0 Å². The summed E-state index contributed by atoms with van der Waals surface area (Å²) in [6, 6.07) is 11.4. The topological polar surface area (TPSA) is 72.7 Å². The van der Waals surface area contributed by atoms with Crippen LogP contribution in [0.5, 0.6) is 0 Å². The van der Waals surface area contributed by atoms with Gasteiger partial charge in [-0.05, 0) is 52.2 Å². The molecule has 1 N–H and O–H groups in total. The Morgan fingerprint density at radius 2 is 1.92 bits per heavy atom. The van der Waals surface area contributed by atoms with Crippen molar-refractivity contribution in [3.05, 3.63) is 65.7 Å². The van der Waals surface area contributed by atoms with Crippen LogP contribution in [-0.4, -0.2) is 26.1 Å². The molecule has 0 radical (unpaired) electrons. The van der Waals surface area contributed by atoms with E-state index in [2.05, 4.69) is 34.7 Å². The van der Waals surface area contributed by atoms with Crippen molar-refractivity contribution in [2.24, 2.45) is 0 Å². The Hall–Kier alpha value is -3.09. The van der Waals surface area contributed by atoms with Gasteiger partial charge in [-0.1, -0.05) is 26.0 Å². The van der Waals surface area contributed by atoms with Crippen molar-refractivity contribution < 1.29 is 9.18 Å². The number of hydrogen-bond acceptors (Lipinski definition) is 4. The molecule has 0 spiro atoms. The first-order valence-electron chi connectivity index (χ1n) is 7.49. The number of halogens is 1. The fourth-order valence-electron chi connectivity index (χ4n) is 2.31. The first-order chi connectivity index (χ1) is 11.5. The van der Waals surface area contributed by atoms with Gasteiger partial charge in [0.2, 0.25) is 0 Å². The molecule has 0 aliphatic rings. The lowest BCUT2D eigenvalue weighted by Crippen LogP contribution is -2.16. The Bertz CT molecular complexity index is 844. The number of hydrogen-bond donors (Lipinski definition) is 1. The molecule has 3 rings (SSSR count). The number of amides is 1. The molecule has 0 unspecified atom stereocenters. The van der Waals surface area contributed by atoms with E-state index in [9.17, 15) is 9.18 Å². The van der Waals surface area contributed by atoms with E-state index in [1.807, 2.05) is 24.3 Å². The normalized spacial score (nSPS) is 10.8. The Balaban J connectivity index is 1.88. The Morgan fingerprint density at radius 1 is 1.17 bits per heavy atom. The number of aromatic nitrogens is 4. The third-order valence-corrected chi connectivity index (χ3v) is 3.63. The third kappa shape index (κ3) is 3.29. The quantitative estimate of drug-likeness (QED) is 0.799. The maximum absolute atomic E-state index is 13.6. The Labute approximate surface area is 138 Å². The van der Waals surface area contributed by atoms with E-state index in [1.54, 1.807) is 0 Å². The second-order valence-corrected chi connectivity index (χ2v) is 5.65. The van der Waals surface area contributed by atoms with Gasteiger partial charge in [0, 0.05) is 5.69 Å². The largest absolute Gasteiger partial charge is 0.322 e. The zero-order valence-corrected chi connectivity index (χ0v) is 13.3. The van der Waals surface area contributed by atoms with Gasteiger partial charge in [-0.25, -0.2) is 4.39 Å². The highest BCUT2D eigenvalue weighted by molar-refractivity contribution is 6.06. The van der Waals surface area contributed by atoms with Gasteiger partial charge in [0.05, 0.1) is 11.3 Å². The van der Waals surface area contributed by atoms with Crippen LogP contribution in [0.2, 0.25) is 0 Å². The molecule has 24 heavy (non-hydrogen) atoms. The lowest BCUT2D eigenvalue weighted by atomic mass is 10.0. The molecular weight excluding hydrogens is 309 g/mol. The molecule has 1 heterocycles. The van der Waals surface area contributed by atoms with Gasteiger partial charge in [-0.15, -0.1) is 5.10 Å². The minimum absolute atomic E-state index is 0.148. The molecular formula is C17H16FN5O. The Morgan fingerprint density at radius 3 is 2.54 bits per heavy atom. The van der Waals surface area contributed by atoms with Crippen LogP contribution in [0.1, 0.15) is 35.7 Å². The number of nitrogens with zero attached hydrogens (tertiary/aromatic N) is 4. The van der Waals surface area contributed by atoms with Crippen LogP contribution < -0.4 is 5.32 Å². The van der Waals surface area contributed by atoms with Crippen LogP contribution in [0.25, 0.3) is 5.69 Å². The average molecular weight is 325 g/mol. The molecule has 6 nitrogen and oxygen atoms in total. The fraction of sp³-hybridized carbons (Fsp3) is 0.176. The van der Waals surface area contributed by atoms with Crippen molar-refractivity contribution >= 4 is 11.6 Å². The molecule has 1 aromatic heterocycles. The van der Waals surface area contributed by atoms with E-state index in [-0.39, 0.29) is 5.56 Å². The van der Waals surface area contributed by atoms with Gasteiger partial charge in [-0.2, -0.15) is 4.68 Å². The number of nitrogens with one attached hydrogen (secondary N) is 1. The summed E-state index contributed by atoms with van der Waals surface area (Å²) in [5, 5.41) is 13.6. The van der Waals surface area contributed by atoms with Crippen molar-refractivity contribution in [1.29, 1.82) is 0 Å². The van der Waals surface area contributed by atoms with E-state index < -0.39 is 11.7 Å². The highest BCUT2D eigenvalue weighted by atomic mass is 19.1. The number of benzene rings is 2. The molecule has 0 saturated heterocycles. The Kier molecular flexibility index (Phi) is 4.33. The minimum Gasteiger partial charge on any atom is -0.322 e. The summed E-state index contributed by atoms with van der Waals surface area (Å²) in [7, 11) is 0. The maximum atomic E-state index is 13.6. The lowest BCUT2D eigenvalue weighted by Gasteiger charge is -2.11. The molecule has 2 aromatic carbocycles. The van der Waals surface area contributed by atoms with Crippen molar-refractivity contribution in [1.82, 2.24) is 20.2 Å². The number of anilines is 1. The fourth-order valence-corrected chi connectivity index (χ4v) is 2.31. The highest BCUT2D eigenvalue weighted by Gasteiger charge is 2.15. The first-order valence-corrected chi connectivity index (χ1v) is 7.49. The lowest BCUT2D eigenvalue weighted by molar-refractivity contribution is 0.102. The average Bonchev–Trinajstić information content (AvgIpc) is 3.09. The SMILES string of the molecule is CC(C)c1ccc(NC(=O)c2cc(F)ccc2-n2cnnn2)cc1. The molecule has 0 bridgehead atoms. The molecule has 0 aliphatic carbocycles. The predicted molar refractivity (Wildman–Crippen MR) is 87.6 cm³/mol. The van der Waals surface area contributed by atoms with Crippen molar-refractivity contribution in [2.45, 2.75) is 19.8 Å². The van der Waals surface area contributed by atoms with Crippen LogP contribution in [0, 0.1) is 5.82 Å². The van der Waals surface area contributed by atoms with Gasteiger partial charge >= 0.3 is 0 Å². The van der Waals surface area contributed by atoms with Crippen molar-refractivity contribution in [2.75, 3.05) is 5.32 Å². The van der Waals surface area contributed by atoms with Gasteiger partial charge in [0.25, 0.3) is 5.91 Å². The number of carbonyl (C=O) groups is 1. The minimum atomic E-state index is -0.507. The second kappa shape index (κ2) is 6.57. The summed E-state index contributed by atoms with van der Waals surface area (Å²) in [6.07, 6.45) is 1.35. The standard InChI is InChI=1S/C17H16FN5O/c1-11(2)12-3-6-14(7-4-12)20-17(24)15-9-13(18)5-8-16(15)23-10-19-21-22-23/h3-11H,1-2H3,(H,20,24). The van der Waals surface area contributed by atoms with Crippen molar-refractivity contribution in [3.8, 4) is 5.69 Å². The smallest absolute Gasteiger partial charge is 0.257 e. The van der Waals surface area contributed by atoms with Crippen LogP contribution >= 0.6 is 0 Å². The molecule has 0 aliphatic heterocycles. The summed E-state index contributed by atoms with van der Waals surface area (Å²) in [5.74, 6) is -0.534. The number of rotatable bonds is 4. The maximum Gasteiger partial charge on any atom is 0.257 e. The zero-order valence-electron chi connectivity index (χ0n) is 13.3. The summed E-state index contributed by atoms with van der Waals surface area (Å²) in [6.45, 7) is 4.19. The highest BCUT2D eigenvalue weighted by Crippen LogP contribution is 2.20. The second-order valence-electron chi connectivity index (χ2n) is 5.65. The number of carbonyl (C=O) groups excluding carboxylic acids is 1. The molecule has 0 fully saturated rings. The summed E-state index contributed by atoms with van der Waals surface area (Å²) >= 11 is 0. The summed E-state index contributed by atoms with van der Waals surface area (Å²) in [4.78, 5) is 12.5. The molecule has 3 aromatic rings. The molecule has 0 atom stereocenters. The zero-order chi connectivity index (χ0) is 17.1. The third-order valence-electron chi connectivity index (χ3n) is 3.63. The number of tetrazole rings is 1. The van der Waals surface area contributed by atoms with Crippen LogP contribution in [0.3, 0.4) is 0 Å². The van der Waals surface area contributed by atoms with Gasteiger partial charge in [0.1, 0.15) is 12.1 Å².